The van der Waals surface area contributed by atoms with Gasteiger partial charge >= 0.3 is 11.9 Å². The summed E-state index contributed by atoms with van der Waals surface area (Å²) < 4.78 is 27.1. The van der Waals surface area contributed by atoms with E-state index in [4.69, 9.17) is 23.7 Å². The van der Waals surface area contributed by atoms with Crippen LogP contribution in [0.25, 0.3) is 0 Å². The Labute approximate surface area is 115 Å². The molecule has 0 aromatic carbocycles. The second-order valence-corrected chi connectivity index (χ2v) is 5.58. The molecule has 3 aliphatic heterocycles. The molecule has 7 heteroatoms. The highest BCUT2D eigenvalue weighted by atomic mass is 16.8. The van der Waals surface area contributed by atoms with Crippen LogP contribution in [0.2, 0.25) is 0 Å². The van der Waals surface area contributed by atoms with E-state index in [0.29, 0.717) is 0 Å². The Kier molecular flexibility index (Phi) is 2.89. The van der Waals surface area contributed by atoms with Gasteiger partial charge in [0.15, 0.2) is 24.3 Å². The van der Waals surface area contributed by atoms with Gasteiger partial charge in [-0.3, -0.25) is 0 Å². The van der Waals surface area contributed by atoms with Crippen LogP contribution >= 0.6 is 0 Å². The predicted octanol–water partition coefficient (Wildman–Crippen LogP) is 0.276. The molecule has 0 radical (unpaired) electrons. The van der Waals surface area contributed by atoms with Crippen molar-refractivity contribution >= 4 is 11.9 Å². The third-order valence-corrected chi connectivity index (χ3v) is 3.39. The highest BCUT2D eigenvalue weighted by molar-refractivity contribution is 5.90. The molecule has 0 amide bonds. The van der Waals surface area contributed by atoms with Crippen molar-refractivity contribution in [1.82, 2.24) is 0 Å². The summed E-state index contributed by atoms with van der Waals surface area (Å²) >= 11 is 0. The summed E-state index contributed by atoms with van der Waals surface area (Å²) in [5.41, 5.74) is 0.202. The number of esters is 2. The summed E-state index contributed by atoms with van der Waals surface area (Å²) in [7, 11) is 0. The van der Waals surface area contributed by atoms with Gasteiger partial charge in [-0.05, 0) is 20.8 Å². The smallest absolute Gasteiger partial charge is 0.350 e. The minimum atomic E-state index is -1.11. The van der Waals surface area contributed by atoms with Gasteiger partial charge in [0.1, 0.15) is 6.10 Å². The van der Waals surface area contributed by atoms with E-state index in [-0.39, 0.29) is 5.57 Å². The van der Waals surface area contributed by atoms with Crippen LogP contribution in [0.15, 0.2) is 12.2 Å². The largest absolute Gasteiger partial charge is 0.454 e. The summed E-state index contributed by atoms with van der Waals surface area (Å²) in [6, 6.07) is 0. The van der Waals surface area contributed by atoms with Crippen LogP contribution in [-0.4, -0.2) is 48.4 Å². The fourth-order valence-electron chi connectivity index (χ4n) is 2.55. The second kappa shape index (κ2) is 4.28. The SMILES string of the molecule is C=C(C)C(=O)OC1C(=O)O[C@@H]2[C@@H]3OC(C)(C)O[C@@H]3O[C@H]12. The van der Waals surface area contributed by atoms with Gasteiger partial charge in [-0.15, -0.1) is 0 Å². The Morgan fingerprint density at radius 1 is 1.25 bits per heavy atom. The van der Waals surface area contributed by atoms with Gasteiger partial charge in [0, 0.05) is 5.57 Å². The van der Waals surface area contributed by atoms with Gasteiger partial charge < -0.3 is 23.7 Å². The van der Waals surface area contributed by atoms with Gasteiger partial charge in [0.25, 0.3) is 0 Å². The summed E-state index contributed by atoms with van der Waals surface area (Å²) in [4.78, 5) is 23.3. The quantitative estimate of drug-likeness (QED) is 0.532. The molecule has 0 saturated carbocycles. The number of rotatable bonds is 2. The van der Waals surface area contributed by atoms with Crippen molar-refractivity contribution in [1.29, 1.82) is 0 Å². The molecule has 20 heavy (non-hydrogen) atoms. The van der Waals surface area contributed by atoms with Crippen LogP contribution in [0, 0.1) is 0 Å². The van der Waals surface area contributed by atoms with Crippen LogP contribution in [0.1, 0.15) is 20.8 Å². The van der Waals surface area contributed by atoms with E-state index in [0.717, 1.165) is 0 Å². The average Bonchev–Trinajstić information content (AvgIpc) is 2.88. The molecule has 0 aliphatic carbocycles. The number of ether oxygens (including phenoxy) is 5. The standard InChI is InChI=1S/C13H16O7/c1-5(2)10(14)17-8-6-7(16-11(8)15)9-12(18-6)20-13(3,4)19-9/h6-9,12H,1H2,2-4H3/t6-,7-,8?,9-,12-/m0/s1. The normalized spacial score (nSPS) is 41.0. The first kappa shape index (κ1) is 13.5. The Hall–Kier alpha value is -1.44. The number of hydrogen-bond donors (Lipinski definition) is 0. The molecule has 0 N–H and O–H groups in total. The van der Waals surface area contributed by atoms with Crippen LogP contribution in [0.5, 0.6) is 0 Å². The second-order valence-electron chi connectivity index (χ2n) is 5.58. The maximum Gasteiger partial charge on any atom is 0.350 e. The monoisotopic (exact) mass is 284 g/mol. The number of hydrogen-bond acceptors (Lipinski definition) is 7. The van der Waals surface area contributed by atoms with E-state index in [9.17, 15) is 9.59 Å². The number of fused-ring (bicyclic) bond motifs is 3. The van der Waals surface area contributed by atoms with E-state index >= 15 is 0 Å². The zero-order chi connectivity index (χ0) is 14.7. The molecule has 0 aromatic heterocycles. The third kappa shape index (κ3) is 2.02. The number of carbonyl (C=O) groups excluding carboxylic acids is 2. The summed E-state index contributed by atoms with van der Waals surface area (Å²) in [5.74, 6) is -2.09. The molecule has 5 atom stereocenters. The van der Waals surface area contributed by atoms with Crippen molar-refractivity contribution in [3.05, 3.63) is 12.2 Å². The van der Waals surface area contributed by atoms with Crippen molar-refractivity contribution in [3.8, 4) is 0 Å². The van der Waals surface area contributed by atoms with Gasteiger partial charge in [-0.1, -0.05) is 6.58 Å². The molecule has 3 fully saturated rings. The topological polar surface area (TPSA) is 80.3 Å². The van der Waals surface area contributed by atoms with E-state index in [2.05, 4.69) is 6.58 Å². The van der Waals surface area contributed by atoms with Crippen molar-refractivity contribution in [3.63, 3.8) is 0 Å². The predicted molar refractivity (Wildman–Crippen MR) is 63.3 cm³/mol. The lowest BCUT2D eigenvalue weighted by Gasteiger charge is -2.21. The molecule has 3 aliphatic rings. The van der Waals surface area contributed by atoms with Crippen LogP contribution < -0.4 is 0 Å². The van der Waals surface area contributed by atoms with Gasteiger partial charge in [0.2, 0.25) is 6.10 Å². The third-order valence-electron chi connectivity index (χ3n) is 3.39. The Morgan fingerprint density at radius 2 is 1.95 bits per heavy atom. The van der Waals surface area contributed by atoms with E-state index in [1.54, 1.807) is 13.8 Å². The molecule has 7 nitrogen and oxygen atoms in total. The van der Waals surface area contributed by atoms with Crippen molar-refractivity contribution < 1.29 is 33.3 Å². The molecule has 1 unspecified atom stereocenters. The highest BCUT2D eigenvalue weighted by Gasteiger charge is 2.64. The van der Waals surface area contributed by atoms with Gasteiger partial charge in [0.05, 0.1) is 0 Å². The maximum atomic E-state index is 11.8. The lowest BCUT2D eigenvalue weighted by molar-refractivity contribution is -0.216. The van der Waals surface area contributed by atoms with Crippen LogP contribution in [0.4, 0.5) is 0 Å². The summed E-state index contributed by atoms with van der Waals surface area (Å²) in [6.45, 7) is 8.46. The van der Waals surface area contributed by atoms with Crippen molar-refractivity contribution in [2.75, 3.05) is 0 Å². The average molecular weight is 284 g/mol. The molecular weight excluding hydrogens is 268 g/mol. The molecule has 3 heterocycles. The van der Waals surface area contributed by atoms with Crippen LogP contribution in [0.3, 0.4) is 0 Å². The fraction of sp³-hybridized carbons (Fsp3) is 0.692. The van der Waals surface area contributed by atoms with E-state index in [1.165, 1.54) is 6.92 Å². The zero-order valence-corrected chi connectivity index (χ0v) is 11.5. The summed E-state index contributed by atoms with van der Waals surface area (Å²) in [5, 5.41) is 0. The fourth-order valence-corrected chi connectivity index (χ4v) is 2.55. The van der Waals surface area contributed by atoms with Crippen LogP contribution in [-0.2, 0) is 33.3 Å². The van der Waals surface area contributed by atoms with Gasteiger partial charge in [-0.25, -0.2) is 9.59 Å². The minimum absolute atomic E-state index is 0.202. The Morgan fingerprint density at radius 3 is 2.60 bits per heavy atom. The molecule has 0 bridgehead atoms. The lowest BCUT2D eigenvalue weighted by atomic mass is 10.1. The first-order valence-corrected chi connectivity index (χ1v) is 6.36. The van der Waals surface area contributed by atoms with Gasteiger partial charge in [-0.2, -0.15) is 0 Å². The lowest BCUT2D eigenvalue weighted by Crippen LogP contribution is -2.37. The molecule has 110 valence electrons. The van der Waals surface area contributed by atoms with Crippen molar-refractivity contribution in [2.24, 2.45) is 0 Å². The van der Waals surface area contributed by atoms with E-state index < -0.39 is 48.4 Å². The summed E-state index contributed by atoms with van der Waals surface area (Å²) in [6.07, 6.45) is -3.58. The number of carbonyl (C=O) groups is 2. The highest BCUT2D eigenvalue weighted by Crippen LogP contribution is 2.42. The van der Waals surface area contributed by atoms with Crippen molar-refractivity contribution in [2.45, 2.75) is 57.3 Å². The molecule has 0 aromatic rings. The first-order chi connectivity index (χ1) is 9.28. The molecule has 3 saturated heterocycles. The molecule has 0 spiro atoms. The van der Waals surface area contributed by atoms with E-state index in [1.807, 2.05) is 0 Å². The maximum absolute atomic E-state index is 11.8. The Bertz CT molecular complexity index is 483. The minimum Gasteiger partial charge on any atom is -0.454 e. The molecular formula is C13H16O7. The molecule has 3 rings (SSSR count). The first-order valence-electron chi connectivity index (χ1n) is 6.36. The zero-order valence-electron chi connectivity index (χ0n) is 11.5. The Balaban J connectivity index is 1.74.